The lowest BCUT2D eigenvalue weighted by Gasteiger charge is -2.27. The highest BCUT2D eigenvalue weighted by Gasteiger charge is 2.33. The zero-order valence-electron chi connectivity index (χ0n) is 18.7. The van der Waals surface area contributed by atoms with E-state index in [0.717, 1.165) is 18.5 Å². The second-order valence-electron chi connectivity index (χ2n) is 8.40. The van der Waals surface area contributed by atoms with Gasteiger partial charge >= 0.3 is 6.36 Å². The van der Waals surface area contributed by atoms with Crippen LogP contribution in [0.3, 0.4) is 0 Å². The van der Waals surface area contributed by atoms with Gasteiger partial charge < -0.3 is 0 Å². The summed E-state index contributed by atoms with van der Waals surface area (Å²) in [4.78, 5) is 15.0. The first-order valence-corrected chi connectivity index (χ1v) is 11.6. The summed E-state index contributed by atoms with van der Waals surface area (Å²) >= 11 is 12.6. The molecule has 2 aliphatic rings. The molecular weight excluding hydrogens is 490 g/mol. The number of aromatic nitrogens is 2. The Hall–Kier alpha value is -2.26. The van der Waals surface area contributed by atoms with Gasteiger partial charge in [0.15, 0.2) is 0 Å². The van der Waals surface area contributed by atoms with Crippen molar-refractivity contribution in [3.63, 3.8) is 0 Å². The molecule has 0 spiro atoms. The topological polar surface area (TPSA) is 39.4 Å². The molecule has 0 amide bonds. The van der Waals surface area contributed by atoms with Gasteiger partial charge in [0.05, 0.1) is 17.5 Å². The fourth-order valence-electron chi connectivity index (χ4n) is 4.33. The third-order valence-corrected chi connectivity index (χ3v) is 6.72. The highest BCUT2D eigenvalue weighted by atomic mass is 35.5. The summed E-state index contributed by atoms with van der Waals surface area (Å²) in [7, 11) is 1.72. The molecule has 2 heterocycles. The summed E-state index contributed by atoms with van der Waals surface area (Å²) in [6.07, 6.45) is 1.45. The van der Waals surface area contributed by atoms with Crippen LogP contribution in [0.4, 0.5) is 13.2 Å². The number of rotatable bonds is 5. The standard InChI is InChI=1S/C24H24Cl2F3N3O2/c1-15-3-4-17(25)13-20(15)16-9-11-31(12-10-16)14-21-22(26)23(33)32(30(21)2)18-5-7-19(8-6-18)34-24(27,28)29/h3-7,9,13,19H,8,10-12,14H2,1-2H3. The number of hydrogen-bond acceptors (Lipinski definition) is 3. The van der Waals surface area contributed by atoms with Gasteiger partial charge in [-0.15, -0.1) is 13.2 Å². The van der Waals surface area contributed by atoms with Crippen molar-refractivity contribution in [1.29, 1.82) is 0 Å². The molecule has 0 N–H and O–H groups in total. The van der Waals surface area contributed by atoms with E-state index in [1.165, 1.54) is 28.0 Å². The van der Waals surface area contributed by atoms with Gasteiger partial charge in [-0.1, -0.05) is 47.5 Å². The molecule has 1 aromatic carbocycles. The summed E-state index contributed by atoms with van der Waals surface area (Å²) < 4.78 is 44.4. The van der Waals surface area contributed by atoms with Gasteiger partial charge in [0.1, 0.15) is 5.02 Å². The molecule has 34 heavy (non-hydrogen) atoms. The summed E-state index contributed by atoms with van der Waals surface area (Å²) in [6, 6.07) is 5.87. The van der Waals surface area contributed by atoms with Crippen LogP contribution in [0, 0.1) is 6.92 Å². The van der Waals surface area contributed by atoms with Gasteiger partial charge in [-0.25, -0.2) is 4.68 Å². The number of allylic oxidation sites excluding steroid dienone is 2. The van der Waals surface area contributed by atoms with Crippen LogP contribution in [0.1, 0.15) is 29.7 Å². The zero-order chi connectivity index (χ0) is 24.6. The maximum Gasteiger partial charge on any atom is 0.523 e. The van der Waals surface area contributed by atoms with Crippen LogP contribution in [0.25, 0.3) is 11.3 Å². The quantitative estimate of drug-likeness (QED) is 0.507. The first-order chi connectivity index (χ1) is 16.0. The molecule has 5 nitrogen and oxygen atoms in total. The molecule has 10 heteroatoms. The first kappa shape index (κ1) is 24.9. The second kappa shape index (κ2) is 9.77. The van der Waals surface area contributed by atoms with Gasteiger partial charge in [0, 0.05) is 31.7 Å². The number of hydrogen-bond donors (Lipinski definition) is 0. The smallest absolute Gasteiger partial charge is 0.293 e. The van der Waals surface area contributed by atoms with E-state index in [1.807, 2.05) is 18.2 Å². The minimum Gasteiger partial charge on any atom is -0.293 e. The number of aryl methyl sites for hydroxylation is 1. The third-order valence-electron chi connectivity index (χ3n) is 6.11. The van der Waals surface area contributed by atoms with Crippen LogP contribution < -0.4 is 5.56 Å². The fourth-order valence-corrected chi connectivity index (χ4v) is 4.77. The van der Waals surface area contributed by atoms with Gasteiger partial charge in [0.25, 0.3) is 5.56 Å². The van der Waals surface area contributed by atoms with Crippen LogP contribution in [0.5, 0.6) is 0 Å². The van der Waals surface area contributed by atoms with Gasteiger partial charge in [-0.05, 0) is 54.7 Å². The van der Waals surface area contributed by atoms with E-state index in [-0.39, 0.29) is 11.4 Å². The average molecular weight is 514 g/mol. The predicted octanol–water partition coefficient (Wildman–Crippen LogP) is 5.80. The molecule has 1 aromatic heterocycles. The van der Waals surface area contributed by atoms with Crippen molar-refractivity contribution in [2.24, 2.45) is 7.05 Å². The molecule has 0 bridgehead atoms. The first-order valence-electron chi connectivity index (χ1n) is 10.8. The molecule has 1 unspecified atom stereocenters. The Balaban J connectivity index is 1.49. The molecule has 0 fully saturated rings. The lowest BCUT2D eigenvalue weighted by Crippen LogP contribution is -2.29. The van der Waals surface area contributed by atoms with E-state index >= 15 is 0 Å². The van der Waals surface area contributed by atoms with Gasteiger partial charge in [0.2, 0.25) is 0 Å². The van der Waals surface area contributed by atoms with Crippen LogP contribution in [0.15, 0.2) is 47.3 Å². The summed E-state index contributed by atoms with van der Waals surface area (Å²) in [5.74, 6) is 0. The molecule has 1 aliphatic heterocycles. The van der Waals surface area contributed by atoms with E-state index in [0.29, 0.717) is 29.5 Å². The molecule has 4 rings (SSSR count). The minimum absolute atomic E-state index is 0.00146. The van der Waals surface area contributed by atoms with E-state index < -0.39 is 18.0 Å². The van der Waals surface area contributed by atoms with Gasteiger partial charge in [-0.3, -0.25) is 19.1 Å². The van der Waals surface area contributed by atoms with Gasteiger partial charge in [-0.2, -0.15) is 0 Å². The Labute approximate surface area is 205 Å². The van der Waals surface area contributed by atoms with Crippen LogP contribution in [-0.2, 0) is 18.3 Å². The minimum atomic E-state index is -4.72. The molecule has 182 valence electrons. The third kappa shape index (κ3) is 5.35. The molecule has 1 atom stereocenters. The lowest BCUT2D eigenvalue weighted by molar-refractivity contribution is -0.335. The SMILES string of the molecule is Cc1ccc(Cl)cc1C1=CCN(Cc2c(Cl)c(=O)n(C3=CCC(OC(F)(F)F)C=C3)n2C)CC1. The van der Waals surface area contributed by atoms with Crippen LogP contribution in [-0.4, -0.2) is 39.8 Å². The molecule has 0 saturated carbocycles. The lowest BCUT2D eigenvalue weighted by atomic mass is 9.95. The Kier molecular flexibility index (Phi) is 7.14. The number of ether oxygens (including phenoxy) is 1. The van der Waals surface area contributed by atoms with Crippen molar-refractivity contribution in [3.8, 4) is 0 Å². The van der Waals surface area contributed by atoms with E-state index in [4.69, 9.17) is 23.2 Å². The highest BCUT2D eigenvalue weighted by molar-refractivity contribution is 6.31. The number of benzene rings is 1. The van der Waals surface area contributed by atoms with Crippen molar-refractivity contribution < 1.29 is 17.9 Å². The second-order valence-corrected chi connectivity index (χ2v) is 9.22. The number of nitrogens with zero attached hydrogens (tertiary/aromatic N) is 3. The van der Waals surface area contributed by atoms with E-state index in [9.17, 15) is 18.0 Å². The Morgan fingerprint density at radius 3 is 2.59 bits per heavy atom. The summed E-state index contributed by atoms with van der Waals surface area (Å²) in [5.41, 5.74) is 4.25. The van der Waals surface area contributed by atoms with Crippen molar-refractivity contribution >= 4 is 34.5 Å². The number of alkyl halides is 3. The maximum atomic E-state index is 12.8. The average Bonchev–Trinajstić information content (AvgIpc) is 2.99. The Bertz CT molecular complexity index is 1240. The molecular formula is C24H24Cl2F3N3O2. The Morgan fingerprint density at radius 2 is 1.97 bits per heavy atom. The Morgan fingerprint density at radius 1 is 1.21 bits per heavy atom. The van der Waals surface area contributed by atoms with E-state index in [1.54, 1.807) is 17.8 Å². The van der Waals surface area contributed by atoms with E-state index in [2.05, 4.69) is 22.6 Å². The van der Waals surface area contributed by atoms with Crippen molar-refractivity contribution in [3.05, 3.63) is 79.7 Å². The monoisotopic (exact) mass is 513 g/mol. The van der Waals surface area contributed by atoms with Crippen molar-refractivity contribution in [1.82, 2.24) is 14.3 Å². The number of halogens is 5. The van der Waals surface area contributed by atoms with Crippen LogP contribution in [0.2, 0.25) is 10.0 Å². The summed E-state index contributed by atoms with van der Waals surface area (Å²) in [6.45, 7) is 4.00. The summed E-state index contributed by atoms with van der Waals surface area (Å²) in [5, 5.41) is 0.806. The van der Waals surface area contributed by atoms with Crippen molar-refractivity contribution in [2.75, 3.05) is 13.1 Å². The predicted molar refractivity (Wildman–Crippen MR) is 128 cm³/mol. The molecule has 0 radical (unpaired) electrons. The normalized spacial score (nSPS) is 19.3. The highest BCUT2D eigenvalue weighted by Crippen LogP contribution is 2.29. The zero-order valence-corrected chi connectivity index (χ0v) is 20.2. The molecule has 1 aliphatic carbocycles. The van der Waals surface area contributed by atoms with Crippen molar-refractivity contribution in [2.45, 2.75) is 38.8 Å². The maximum absolute atomic E-state index is 12.8. The fraction of sp³-hybridized carbons (Fsp3) is 0.375. The molecule has 2 aromatic rings. The largest absolute Gasteiger partial charge is 0.523 e. The van der Waals surface area contributed by atoms with Crippen LogP contribution >= 0.6 is 23.2 Å². The molecule has 0 saturated heterocycles.